The average molecular weight is 367 g/mol. The molecule has 0 spiro atoms. The van der Waals surface area contributed by atoms with Gasteiger partial charge in [0.1, 0.15) is 0 Å². The number of fused-ring (bicyclic) bond motifs is 1. The minimum atomic E-state index is -1.57. The molecule has 0 aromatic heterocycles. The van der Waals surface area contributed by atoms with Crippen molar-refractivity contribution in [1.82, 2.24) is 4.90 Å². The van der Waals surface area contributed by atoms with E-state index in [1.165, 1.54) is 12.8 Å². The summed E-state index contributed by atoms with van der Waals surface area (Å²) in [7, 11) is 0. The average Bonchev–Trinajstić information content (AvgIpc) is 3.34. The Labute approximate surface area is 161 Å². The van der Waals surface area contributed by atoms with Crippen LogP contribution < -0.4 is 0 Å². The maximum atomic E-state index is 12.9. The zero-order valence-corrected chi connectivity index (χ0v) is 15.9. The number of nitrogens with zero attached hydrogens (tertiary/aromatic N) is 1. The maximum absolute atomic E-state index is 12.9. The van der Waals surface area contributed by atoms with Gasteiger partial charge in [0.15, 0.2) is 12.2 Å². The fourth-order valence-corrected chi connectivity index (χ4v) is 4.79. The number of likely N-dealkylation sites (tertiary alicyclic amines) is 1. The highest BCUT2D eigenvalue weighted by Gasteiger charge is 2.47. The molecule has 0 amide bonds. The van der Waals surface area contributed by atoms with Crippen LogP contribution >= 0.6 is 0 Å². The first-order valence-corrected chi connectivity index (χ1v) is 10.3. The van der Waals surface area contributed by atoms with E-state index in [4.69, 9.17) is 4.74 Å². The van der Waals surface area contributed by atoms with Gasteiger partial charge < -0.3 is 9.84 Å². The van der Waals surface area contributed by atoms with E-state index in [2.05, 4.69) is 16.7 Å². The summed E-state index contributed by atoms with van der Waals surface area (Å²) in [6, 6.07) is 9.25. The van der Waals surface area contributed by atoms with Gasteiger partial charge in [-0.3, -0.25) is 4.90 Å². The van der Waals surface area contributed by atoms with Crippen LogP contribution in [0.4, 0.5) is 0 Å². The van der Waals surface area contributed by atoms with E-state index in [0.717, 1.165) is 57.2 Å². The molecule has 1 aliphatic heterocycles. The van der Waals surface area contributed by atoms with Gasteiger partial charge in [0, 0.05) is 19.0 Å². The van der Waals surface area contributed by atoms with Gasteiger partial charge in [-0.05, 0) is 36.7 Å². The summed E-state index contributed by atoms with van der Waals surface area (Å²) >= 11 is 0. The first-order chi connectivity index (χ1) is 13.2. The number of hydrogen-bond donors (Lipinski definition) is 1. The Morgan fingerprint density at radius 1 is 1.11 bits per heavy atom. The number of benzene rings is 1. The zero-order valence-electron chi connectivity index (χ0n) is 15.9. The van der Waals surface area contributed by atoms with E-state index in [1.54, 1.807) is 0 Å². The number of carbonyl (C=O) groups excluding carboxylic acids is 1. The summed E-state index contributed by atoms with van der Waals surface area (Å²) in [6.07, 6.45) is 6.35. The van der Waals surface area contributed by atoms with Gasteiger partial charge in [-0.1, -0.05) is 61.4 Å². The number of hydrogen-bond acceptors (Lipinski definition) is 4. The van der Waals surface area contributed by atoms with Gasteiger partial charge in [0.25, 0.3) is 0 Å². The molecule has 144 valence electrons. The highest BCUT2D eigenvalue weighted by molar-refractivity contribution is 5.81. The fraction of sp³-hybridized carbons (Fsp3) is 0.609. The lowest BCUT2D eigenvalue weighted by molar-refractivity contribution is -0.174. The lowest BCUT2D eigenvalue weighted by atomic mass is 9.73. The second-order valence-corrected chi connectivity index (χ2v) is 8.35. The van der Waals surface area contributed by atoms with Crippen molar-refractivity contribution in [3.8, 4) is 11.8 Å². The van der Waals surface area contributed by atoms with E-state index in [1.807, 2.05) is 30.3 Å². The van der Waals surface area contributed by atoms with Gasteiger partial charge in [0.05, 0.1) is 6.54 Å². The molecule has 3 fully saturated rings. The fourth-order valence-electron chi connectivity index (χ4n) is 4.79. The minimum absolute atomic E-state index is 0.0430. The van der Waals surface area contributed by atoms with Crippen LogP contribution in [0.1, 0.15) is 44.1 Å². The number of rotatable bonds is 5. The zero-order chi connectivity index (χ0) is 18.7. The molecule has 4 nitrogen and oxygen atoms in total. The van der Waals surface area contributed by atoms with Gasteiger partial charge in [-0.25, -0.2) is 4.79 Å². The molecule has 0 bridgehead atoms. The molecule has 1 aromatic carbocycles. The summed E-state index contributed by atoms with van der Waals surface area (Å²) < 4.78 is 5.43. The third kappa shape index (κ3) is 4.05. The van der Waals surface area contributed by atoms with Gasteiger partial charge >= 0.3 is 5.97 Å². The molecule has 3 atom stereocenters. The number of aliphatic hydroxyl groups is 1. The summed E-state index contributed by atoms with van der Waals surface area (Å²) in [5.74, 6) is 7.22. The molecule has 1 saturated heterocycles. The van der Waals surface area contributed by atoms with Crippen molar-refractivity contribution in [2.45, 2.75) is 44.1 Å². The van der Waals surface area contributed by atoms with E-state index < -0.39 is 11.6 Å². The van der Waals surface area contributed by atoms with Crippen molar-refractivity contribution in [3.63, 3.8) is 0 Å². The normalized spacial score (nSPS) is 27.1. The van der Waals surface area contributed by atoms with Crippen LogP contribution in [0.2, 0.25) is 0 Å². The summed E-state index contributed by atoms with van der Waals surface area (Å²) in [5, 5.41) is 11.4. The Morgan fingerprint density at radius 2 is 1.81 bits per heavy atom. The second-order valence-electron chi connectivity index (χ2n) is 8.35. The lowest BCUT2D eigenvalue weighted by Crippen LogP contribution is -2.45. The number of ether oxygens (including phenoxy) is 1. The monoisotopic (exact) mass is 367 g/mol. The highest BCUT2D eigenvalue weighted by Crippen LogP contribution is 2.44. The van der Waals surface area contributed by atoms with E-state index in [9.17, 15) is 9.90 Å². The van der Waals surface area contributed by atoms with E-state index in [-0.39, 0.29) is 12.5 Å². The lowest BCUT2D eigenvalue weighted by Gasteiger charge is -2.36. The Hall–Kier alpha value is -1.83. The molecule has 27 heavy (non-hydrogen) atoms. The Balaban J connectivity index is 1.37. The third-order valence-corrected chi connectivity index (χ3v) is 6.48. The van der Waals surface area contributed by atoms with Gasteiger partial charge in [0.2, 0.25) is 0 Å². The molecule has 1 N–H and O–H groups in total. The molecule has 2 aliphatic carbocycles. The van der Waals surface area contributed by atoms with Crippen molar-refractivity contribution >= 4 is 5.97 Å². The predicted molar refractivity (Wildman–Crippen MR) is 104 cm³/mol. The first kappa shape index (κ1) is 18.5. The van der Waals surface area contributed by atoms with Crippen LogP contribution in [0.3, 0.4) is 0 Å². The molecule has 3 unspecified atom stereocenters. The molecule has 1 aromatic rings. The topological polar surface area (TPSA) is 49.8 Å². The molecular weight excluding hydrogens is 338 g/mol. The Morgan fingerprint density at radius 3 is 2.52 bits per heavy atom. The largest absolute Gasteiger partial charge is 0.450 e. The maximum Gasteiger partial charge on any atom is 0.344 e. The van der Waals surface area contributed by atoms with Crippen LogP contribution in [0.5, 0.6) is 0 Å². The molecule has 2 saturated carbocycles. The second kappa shape index (κ2) is 8.04. The number of esters is 1. The van der Waals surface area contributed by atoms with Crippen molar-refractivity contribution < 1.29 is 14.6 Å². The number of carbonyl (C=O) groups is 1. The van der Waals surface area contributed by atoms with Crippen LogP contribution in [0.15, 0.2) is 30.3 Å². The van der Waals surface area contributed by atoms with Crippen molar-refractivity contribution in [2.24, 2.45) is 17.8 Å². The summed E-state index contributed by atoms with van der Waals surface area (Å²) in [4.78, 5) is 15.3. The third-order valence-electron chi connectivity index (χ3n) is 6.48. The smallest absolute Gasteiger partial charge is 0.344 e. The molecule has 1 heterocycles. The van der Waals surface area contributed by atoms with Gasteiger partial charge in [-0.15, -0.1) is 0 Å². The van der Waals surface area contributed by atoms with Crippen molar-refractivity contribution in [2.75, 3.05) is 26.2 Å². The van der Waals surface area contributed by atoms with E-state index in [0.29, 0.717) is 5.56 Å². The molecule has 3 aliphatic rings. The van der Waals surface area contributed by atoms with Crippen LogP contribution in [-0.4, -0.2) is 42.2 Å². The van der Waals surface area contributed by atoms with Crippen molar-refractivity contribution in [1.29, 1.82) is 0 Å². The summed E-state index contributed by atoms with van der Waals surface area (Å²) in [6.45, 7) is 3.11. The SMILES string of the molecule is O=C(OCC#CCN1CC2CC2C1)C(O)(c1ccccc1)C1CCCCC1. The Kier molecular flexibility index (Phi) is 5.52. The van der Waals surface area contributed by atoms with E-state index >= 15 is 0 Å². The van der Waals surface area contributed by atoms with Crippen LogP contribution in [-0.2, 0) is 15.1 Å². The van der Waals surface area contributed by atoms with Crippen LogP contribution in [0, 0.1) is 29.6 Å². The van der Waals surface area contributed by atoms with Crippen molar-refractivity contribution in [3.05, 3.63) is 35.9 Å². The quantitative estimate of drug-likeness (QED) is 0.642. The van der Waals surface area contributed by atoms with Gasteiger partial charge in [-0.2, -0.15) is 0 Å². The molecule has 0 radical (unpaired) electrons. The minimum Gasteiger partial charge on any atom is -0.450 e. The highest BCUT2D eigenvalue weighted by atomic mass is 16.5. The molecule has 4 heteroatoms. The molecule has 4 rings (SSSR count). The number of piperidine rings is 1. The van der Waals surface area contributed by atoms with Crippen LogP contribution in [0.25, 0.3) is 0 Å². The summed E-state index contributed by atoms with van der Waals surface area (Å²) in [5.41, 5.74) is -0.939. The standard InChI is InChI=1S/C23H29NO3/c25-22(27-14-8-7-13-24-16-18-15-19(18)17-24)23(26,20-9-3-1-4-10-20)21-11-5-2-6-12-21/h1,3-4,9-10,18-19,21,26H,2,5-6,11-17H2. The first-order valence-electron chi connectivity index (χ1n) is 10.3. The predicted octanol–water partition coefficient (Wildman–Crippen LogP) is 2.95. The Bertz CT molecular complexity index is 706. The molecular formula is C23H29NO3.